The number of urea groups is 1. The zero-order chi connectivity index (χ0) is 17.8. The van der Waals surface area contributed by atoms with Crippen LogP contribution in [0.2, 0.25) is 0 Å². The van der Waals surface area contributed by atoms with Crippen molar-refractivity contribution >= 4 is 17.6 Å². The predicted octanol–water partition coefficient (Wildman–Crippen LogP) is 3.30. The SMILES string of the molecule is CCN(C(=O)N[C@H]1CC(=O)N(c2ccc(F)cc2)C1)C1CCCCC1. The lowest BCUT2D eigenvalue weighted by Gasteiger charge is -2.34. The van der Waals surface area contributed by atoms with Crippen molar-refractivity contribution < 1.29 is 14.0 Å². The van der Waals surface area contributed by atoms with Crippen LogP contribution in [0.25, 0.3) is 0 Å². The third-order valence-corrected chi connectivity index (χ3v) is 5.21. The summed E-state index contributed by atoms with van der Waals surface area (Å²) >= 11 is 0. The van der Waals surface area contributed by atoms with Crippen molar-refractivity contribution in [1.29, 1.82) is 0 Å². The van der Waals surface area contributed by atoms with Crippen LogP contribution >= 0.6 is 0 Å². The predicted molar refractivity (Wildman–Crippen MR) is 94.9 cm³/mol. The first-order valence-corrected chi connectivity index (χ1v) is 9.21. The van der Waals surface area contributed by atoms with E-state index in [-0.39, 0.29) is 30.2 Å². The molecule has 6 heteroatoms. The van der Waals surface area contributed by atoms with Crippen molar-refractivity contribution in [2.24, 2.45) is 0 Å². The van der Waals surface area contributed by atoms with Gasteiger partial charge in [0.05, 0.1) is 6.04 Å². The van der Waals surface area contributed by atoms with Gasteiger partial charge in [0.15, 0.2) is 0 Å². The van der Waals surface area contributed by atoms with E-state index >= 15 is 0 Å². The van der Waals surface area contributed by atoms with Crippen LogP contribution in [0.4, 0.5) is 14.9 Å². The number of rotatable bonds is 4. The molecule has 1 aromatic carbocycles. The van der Waals surface area contributed by atoms with E-state index in [4.69, 9.17) is 0 Å². The highest BCUT2D eigenvalue weighted by Crippen LogP contribution is 2.24. The van der Waals surface area contributed by atoms with Crippen LogP contribution in [0.15, 0.2) is 24.3 Å². The van der Waals surface area contributed by atoms with Gasteiger partial charge in [-0.15, -0.1) is 0 Å². The minimum Gasteiger partial charge on any atom is -0.333 e. The van der Waals surface area contributed by atoms with Gasteiger partial charge in [0.25, 0.3) is 0 Å². The Morgan fingerprint density at radius 1 is 1.24 bits per heavy atom. The Labute approximate surface area is 148 Å². The van der Waals surface area contributed by atoms with Gasteiger partial charge in [-0.05, 0) is 44.0 Å². The Morgan fingerprint density at radius 2 is 1.92 bits per heavy atom. The van der Waals surface area contributed by atoms with Crippen molar-refractivity contribution in [1.82, 2.24) is 10.2 Å². The largest absolute Gasteiger partial charge is 0.333 e. The number of hydrogen-bond donors (Lipinski definition) is 1. The summed E-state index contributed by atoms with van der Waals surface area (Å²) in [6.07, 6.45) is 6.01. The van der Waals surface area contributed by atoms with Gasteiger partial charge in [0, 0.05) is 31.2 Å². The Hall–Kier alpha value is -2.11. The number of hydrogen-bond acceptors (Lipinski definition) is 2. The van der Waals surface area contributed by atoms with Crippen molar-refractivity contribution in [2.75, 3.05) is 18.0 Å². The molecule has 3 rings (SSSR count). The molecule has 3 amide bonds. The molecule has 0 unspecified atom stereocenters. The van der Waals surface area contributed by atoms with Crippen LogP contribution in [0.1, 0.15) is 45.4 Å². The van der Waals surface area contributed by atoms with Gasteiger partial charge in [-0.25, -0.2) is 9.18 Å². The van der Waals surface area contributed by atoms with E-state index in [0.29, 0.717) is 24.8 Å². The molecule has 1 saturated heterocycles. The van der Waals surface area contributed by atoms with Crippen LogP contribution in [-0.2, 0) is 4.79 Å². The second-order valence-electron chi connectivity index (χ2n) is 6.91. The standard InChI is InChI=1S/C19H26FN3O2/c1-2-22(16-6-4-3-5-7-16)19(25)21-15-12-18(24)23(13-15)17-10-8-14(20)9-11-17/h8-11,15-16H,2-7,12-13H2,1H3,(H,21,25)/t15-/m0/s1. The van der Waals surface area contributed by atoms with Crippen molar-refractivity contribution in [3.8, 4) is 0 Å². The van der Waals surface area contributed by atoms with Gasteiger partial charge in [-0.2, -0.15) is 0 Å². The Morgan fingerprint density at radius 3 is 2.56 bits per heavy atom. The number of halogens is 1. The van der Waals surface area contributed by atoms with E-state index in [9.17, 15) is 14.0 Å². The third-order valence-electron chi connectivity index (χ3n) is 5.21. The van der Waals surface area contributed by atoms with Gasteiger partial charge >= 0.3 is 6.03 Å². The first-order chi connectivity index (χ1) is 12.1. The quantitative estimate of drug-likeness (QED) is 0.909. The molecule has 0 bridgehead atoms. The molecule has 1 saturated carbocycles. The average Bonchev–Trinajstić information content (AvgIpc) is 2.97. The number of anilines is 1. The van der Waals surface area contributed by atoms with Crippen LogP contribution in [0.3, 0.4) is 0 Å². The Bertz CT molecular complexity index is 614. The molecule has 25 heavy (non-hydrogen) atoms. The smallest absolute Gasteiger partial charge is 0.317 e. The molecule has 1 aliphatic heterocycles. The lowest BCUT2D eigenvalue weighted by atomic mass is 9.94. The van der Waals surface area contributed by atoms with Gasteiger partial charge < -0.3 is 15.1 Å². The number of nitrogens with zero attached hydrogens (tertiary/aromatic N) is 2. The number of amides is 3. The van der Waals surface area contributed by atoms with Crippen molar-refractivity contribution in [3.63, 3.8) is 0 Å². The zero-order valence-electron chi connectivity index (χ0n) is 14.7. The normalized spacial score (nSPS) is 21.4. The van der Waals surface area contributed by atoms with Crippen LogP contribution < -0.4 is 10.2 Å². The maximum atomic E-state index is 13.1. The van der Waals surface area contributed by atoms with Gasteiger partial charge in [0.1, 0.15) is 5.82 Å². The summed E-state index contributed by atoms with van der Waals surface area (Å²) in [6.45, 7) is 3.11. The molecule has 1 aromatic rings. The summed E-state index contributed by atoms with van der Waals surface area (Å²) < 4.78 is 13.1. The second kappa shape index (κ2) is 7.85. The molecule has 0 radical (unpaired) electrons. The highest BCUT2D eigenvalue weighted by molar-refractivity contribution is 5.96. The van der Waals surface area contributed by atoms with Gasteiger partial charge in [-0.3, -0.25) is 4.79 Å². The van der Waals surface area contributed by atoms with E-state index < -0.39 is 0 Å². The fraction of sp³-hybridized carbons (Fsp3) is 0.579. The molecule has 1 heterocycles. The topological polar surface area (TPSA) is 52.7 Å². The molecule has 136 valence electrons. The monoisotopic (exact) mass is 347 g/mol. The maximum Gasteiger partial charge on any atom is 0.317 e. The van der Waals surface area contributed by atoms with Crippen LogP contribution in [0, 0.1) is 5.82 Å². The highest BCUT2D eigenvalue weighted by atomic mass is 19.1. The average molecular weight is 347 g/mol. The summed E-state index contributed by atoms with van der Waals surface area (Å²) in [6, 6.07) is 5.91. The zero-order valence-corrected chi connectivity index (χ0v) is 14.7. The van der Waals surface area contributed by atoms with Gasteiger partial charge in [-0.1, -0.05) is 19.3 Å². The number of carbonyl (C=O) groups is 2. The number of benzene rings is 1. The molecular formula is C19H26FN3O2. The number of carbonyl (C=O) groups excluding carboxylic acids is 2. The molecule has 2 aliphatic rings. The van der Waals surface area contributed by atoms with Crippen molar-refractivity contribution in [3.05, 3.63) is 30.1 Å². The van der Waals surface area contributed by atoms with Crippen LogP contribution in [0.5, 0.6) is 0 Å². The first-order valence-electron chi connectivity index (χ1n) is 9.21. The molecule has 5 nitrogen and oxygen atoms in total. The van der Waals surface area contributed by atoms with E-state index in [2.05, 4.69) is 5.32 Å². The molecule has 1 N–H and O–H groups in total. The minimum atomic E-state index is -0.327. The molecule has 1 atom stereocenters. The fourth-order valence-corrected chi connectivity index (χ4v) is 3.89. The van der Waals surface area contributed by atoms with E-state index in [1.807, 2.05) is 11.8 Å². The lowest BCUT2D eigenvalue weighted by molar-refractivity contribution is -0.117. The van der Waals surface area contributed by atoms with Crippen molar-refractivity contribution in [2.45, 2.75) is 57.5 Å². The van der Waals surface area contributed by atoms with E-state index in [1.165, 1.54) is 31.4 Å². The Balaban J connectivity index is 1.60. The summed E-state index contributed by atoms with van der Waals surface area (Å²) in [5.41, 5.74) is 0.669. The molecular weight excluding hydrogens is 321 g/mol. The summed E-state index contributed by atoms with van der Waals surface area (Å²) in [4.78, 5) is 28.4. The summed E-state index contributed by atoms with van der Waals surface area (Å²) in [5, 5.41) is 3.02. The molecule has 2 fully saturated rings. The third kappa shape index (κ3) is 4.11. The molecule has 1 aliphatic carbocycles. The summed E-state index contributed by atoms with van der Waals surface area (Å²) in [7, 11) is 0. The van der Waals surface area contributed by atoms with Crippen LogP contribution in [-0.4, -0.2) is 42.0 Å². The second-order valence-corrected chi connectivity index (χ2v) is 6.91. The summed E-state index contributed by atoms with van der Waals surface area (Å²) in [5.74, 6) is -0.371. The first kappa shape index (κ1) is 17.7. The Kier molecular flexibility index (Phi) is 5.56. The number of nitrogens with one attached hydrogen (secondary N) is 1. The van der Waals surface area contributed by atoms with E-state index in [1.54, 1.807) is 17.0 Å². The minimum absolute atomic E-state index is 0.0439. The van der Waals surface area contributed by atoms with E-state index in [0.717, 1.165) is 12.8 Å². The molecule has 0 spiro atoms. The lowest BCUT2D eigenvalue weighted by Crippen LogP contribution is -2.50. The highest BCUT2D eigenvalue weighted by Gasteiger charge is 2.33. The fourth-order valence-electron chi connectivity index (χ4n) is 3.89. The molecule has 0 aromatic heterocycles. The maximum absolute atomic E-state index is 13.1. The van der Waals surface area contributed by atoms with Gasteiger partial charge in [0.2, 0.25) is 5.91 Å².